The molecule has 0 amide bonds. The molecule has 1 N–H and O–H groups in total. The Bertz CT molecular complexity index is 634. The van der Waals surface area contributed by atoms with Crippen LogP contribution in [-0.4, -0.2) is 4.92 Å². The molecule has 1 unspecified atom stereocenters. The molecule has 4 nitrogen and oxygen atoms in total. The van der Waals surface area contributed by atoms with Gasteiger partial charge in [0.1, 0.15) is 11.5 Å². The quantitative estimate of drug-likeness (QED) is 0.389. The van der Waals surface area contributed by atoms with Crippen molar-refractivity contribution in [2.45, 2.75) is 25.8 Å². The van der Waals surface area contributed by atoms with Crippen molar-refractivity contribution in [3.8, 4) is 0 Å². The van der Waals surface area contributed by atoms with Crippen molar-refractivity contribution in [2.75, 3.05) is 5.32 Å². The fourth-order valence-corrected chi connectivity index (χ4v) is 3.32. The number of anilines is 1. The molecule has 1 heterocycles. The number of nitro benzene ring substituents is 1. The van der Waals surface area contributed by atoms with E-state index < -0.39 is 10.7 Å². The zero-order valence-electron chi connectivity index (χ0n) is 11.3. The molecule has 1 atom stereocenters. The number of nitro groups is 1. The molecule has 1 aromatic heterocycles. The van der Waals surface area contributed by atoms with E-state index in [4.69, 9.17) is 0 Å². The van der Waals surface area contributed by atoms with E-state index in [0.29, 0.717) is 0 Å². The second-order valence-electron chi connectivity index (χ2n) is 4.54. The second-order valence-corrected chi connectivity index (χ2v) is 6.68. The number of hydrogen-bond acceptors (Lipinski definition) is 4. The highest BCUT2D eigenvalue weighted by molar-refractivity contribution is 14.1. The second kappa shape index (κ2) is 7.17. The lowest BCUT2D eigenvalue weighted by molar-refractivity contribution is -0.384. The van der Waals surface area contributed by atoms with E-state index in [2.05, 4.69) is 5.32 Å². The number of hydrogen-bond donors (Lipinski definition) is 1. The van der Waals surface area contributed by atoms with Crippen molar-refractivity contribution < 1.29 is 9.31 Å². The molecule has 0 radical (unpaired) electrons. The SMILES string of the molecule is CCCC(Nc1cc(F)c(I)cc1[N+](=O)[O-])c1cccs1. The monoisotopic (exact) mass is 420 g/mol. The predicted octanol–water partition coefficient (Wildman–Crippen LogP) is 5.35. The number of halogens is 2. The summed E-state index contributed by atoms with van der Waals surface area (Å²) in [7, 11) is 0. The third-order valence-corrected chi connectivity index (χ3v) is 4.84. The summed E-state index contributed by atoms with van der Waals surface area (Å²) in [5, 5.41) is 16.2. The van der Waals surface area contributed by atoms with Crippen molar-refractivity contribution in [3.05, 3.63) is 54.0 Å². The summed E-state index contributed by atoms with van der Waals surface area (Å²) in [6.07, 6.45) is 1.75. The Balaban J connectivity index is 2.36. The first-order valence-corrected chi connectivity index (χ1v) is 8.42. The molecule has 0 aliphatic heterocycles. The molecule has 21 heavy (non-hydrogen) atoms. The summed E-state index contributed by atoms with van der Waals surface area (Å²) in [5.41, 5.74) is 0.128. The topological polar surface area (TPSA) is 55.2 Å². The molecule has 0 saturated heterocycles. The summed E-state index contributed by atoms with van der Waals surface area (Å²) < 4.78 is 14.0. The Labute approximate surface area is 139 Å². The highest BCUT2D eigenvalue weighted by Gasteiger charge is 2.21. The van der Waals surface area contributed by atoms with Crippen LogP contribution in [0.3, 0.4) is 0 Å². The summed E-state index contributed by atoms with van der Waals surface area (Å²) >= 11 is 3.34. The van der Waals surface area contributed by atoms with Gasteiger partial charge in [-0.15, -0.1) is 11.3 Å². The van der Waals surface area contributed by atoms with Gasteiger partial charge < -0.3 is 5.32 Å². The molecule has 0 bridgehead atoms. The van der Waals surface area contributed by atoms with Crippen LogP contribution >= 0.6 is 33.9 Å². The third-order valence-electron chi connectivity index (χ3n) is 3.03. The van der Waals surface area contributed by atoms with Gasteiger partial charge in [0, 0.05) is 17.0 Å². The van der Waals surface area contributed by atoms with E-state index in [0.717, 1.165) is 17.7 Å². The lowest BCUT2D eigenvalue weighted by Gasteiger charge is -2.18. The van der Waals surface area contributed by atoms with Gasteiger partial charge in [-0.3, -0.25) is 10.1 Å². The molecule has 7 heteroatoms. The molecule has 0 aliphatic carbocycles. The first-order chi connectivity index (χ1) is 10.0. The van der Waals surface area contributed by atoms with E-state index in [9.17, 15) is 14.5 Å². The molecule has 112 valence electrons. The van der Waals surface area contributed by atoms with Crippen molar-refractivity contribution in [3.63, 3.8) is 0 Å². The maximum absolute atomic E-state index is 13.7. The average Bonchev–Trinajstić information content (AvgIpc) is 2.95. The molecule has 2 aromatic rings. The smallest absolute Gasteiger partial charge is 0.293 e. The Hall–Kier alpha value is -1.22. The van der Waals surface area contributed by atoms with Crippen molar-refractivity contribution >= 4 is 45.3 Å². The van der Waals surface area contributed by atoms with Crippen LogP contribution in [0.5, 0.6) is 0 Å². The van der Waals surface area contributed by atoms with Gasteiger partial charge in [-0.05, 0) is 40.5 Å². The largest absolute Gasteiger partial charge is 0.372 e. The van der Waals surface area contributed by atoms with Crippen LogP contribution in [0.4, 0.5) is 15.8 Å². The fraction of sp³-hybridized carbons (Fsp3) is 0.286. The van der Waals surface area contributed by atoms with E-state index in [-0.39, 0.29) is 21.0 Å². The van der Waals surface area contributed by atoms with Crippen LogP contribution in [-0.2, 0) is 0 Å². The summed E-state index contributed by atoms with van der Waals surface area (Å²) in [5.74, 6) is -0.454. The Morgan fingerprint density at radius 2 is 2.29 bits per heavy atom. The Morgan fingerprint density at radius 1 is 1.52 bits per heavy atom. The van der Waals surface area contributed by atoms with E-state index in [1.807, 2.05) is 24.4 Å². The number of benzene rings is 1. The van der Waals surface area contributed by atoms with Gasteiger partial charge in [0.2, 0.25) is 0 Å². The first-order valence-electron chi connectivity index (χ1n) is 6.46. The Kier molecular flexibility index (Phi) is 5.51. The van der Waals surface area contributed by atoms with Gasteiger partial charge in [-0.1, -0.05) is 19.4 Å². The average molecular weight is 420 g/mol. The van der Waals surface area contributed by atoms with E-state index in [1.54, 1.807) is 33.9 Å². The summed E-state index contributed by atoms with van der Waals surface area (Å²) in [6, 6.07) is 6.33. The van der Waals surface area contributed by atoms with E-state index in [1.165, 1.54) is 12.1 Å². The number of nitrogens with zero attached hydrogens (tertiary/aromatic N) is 1. The van der Waals surface area contributed by atoms with Crippen molar-refractivity contribution in [2.24, 2.45) is 0 Å². The highest BCUT2D eigenvalue weighted by Crippen LogP contribution is 2.34. The number of nitrogens with one attached hydrogen (secondary N) is 1. The normalized spacial score (nSPS) is 12.1. The third kappa shape index (κ3) is 3.91. The molecule has 1 aromatic carbocycles. The summed E-state index contributed by atoms with van der Waals surface area (Å²) in [4.78, 5) is 11.8. The number of rotatable bonds is 6. The fourth-order valence-electron chi connectivity index (χ4n) is 2.05. The van der Waals surface area contributed by atoms with Crippen LogP contribution < -0.4 is 5.32 Å². The van der Waals surface area contributed by atoms with Gasteiger partial charge >= 0.3 is 0 Å². The molecular weight excluding hydrogens is 406 g/mol. The van der Waals surface area contributed by atoms with Gasteiger partial charge in [-0.25, -0.2) is 4.39 Å². The lowest BCUT2D eigenvalue weighted by atomic mass is 10.1. The zero-order valence-corrected chi connectivity index (χ0v) is 14.3. The summed E-state index contributed by atoms with van der Waals surface area (Å²) in [6.45, 7) is 2.05. The molecule has 0 spiro atoms. The molecule has 0 fully saturated rings. The van der Waals surface area contributed by atoms with Crippen molar-refractivity contribution in [1.82, 2.24) is 0 Å². The number of thiophene rings is 1. The maximum Gasteiger partial charge on any atom is 0.293 e. The molecule has 0 saturated carbocycles. The first kappa shape index (κ1) is 16.2. The lowest BCUT2D eigenvalue weighted by Crippen LogP contribution is -2.11. The standard InChI is InChI=1S/C14H14FIN2O2S/c1-2-4-11(14-5-3-6-21-14)17-12-7-9(15)10(16)8-13(12)18(19)20/h3,5-8,11,17H,2,4H2,1H3. The van der Waals surface area contributed by atoms with Crippen LogP contribution in [0.2, 0.25) is 0 Å². The van der Waals surface area contributed by atoms with Crippen molar-refractivity contribution in [1.29, 1.82) is 0 Å². The van der Waals surface area contributed by atoms with E-state index >= 15 is 0 Å². The van der Waals surface area contributed by atoms with Crippen LogP contribution in [0, 0.1) is 19.5 Å². The zero-order chi connectivity index (χ0) is 15.4. The maximum atomic E-state index is 13.7. The minimum absolute atomic E-state index is 0.0480. The predicted molar refractivity (Wildman–Crippen MR) is 91.4 cm³/mol. The minimum atomic E-state index is -0.485. The van der Waals surface area contributed by atoms with Crippen LogP contribution in [0.15, 0.2) is 29.6 Å². The van der Waals surface area contributed by atoms with Crippen LogP contribution in [0.1, 0.15) is 30.7 Å². The molecule has 0 aliphatic rings. The minimum Gasteiger partial charge on any atom is -0.372 e. The Morgan fingerprint density at radius 3 is 2.86 bits per heavy atom. The van der Waals surface area contributed by atoms with Gasteiger partial charge in [-0.2, -0.15) is 0 Å². The van der Waals surface area contributed by atoms with Gasteiger partial charge in [0.05, 0.1) is 14.5 Å². The molecule has 2 rings (SSSR count). The highest BCUT2D eigenvalue weighted by atomic mass is 127. The van der Waals surface area contributed by atoms with Gasteiger partial charge in [0.15, 0.2) is 0 Å². The van der Waals surface area contributed by atoms with Gasteiger partial charge in [0.25, 0.3) is 5.69 Å². The van der Waals surface area contributed by atoms with Crippen LogP contribution in [0.25, 0.3) is 0 Å². The molecular formula is C14H14FIN2O2S.